The number of pyridine rings is 1. The minimum absolute atomic E-state index is 0.0381. The highest BCUT2D eigenvalue weighted by atomic mass is 32.1. The molecule has 0 bridgehead atoms. The van der Waals surface area contributed by atoms with Crippen molar-refractivity contribution in [1.82, 2.24) is 19.5 Å². The van der Waals surface area contributed by atoms with E-state index in [0.717, 1.165) is 25.8 Å². The van der Waals surface area contributed by atoms with Gasteiger partial charge in [0.15, 0.2) is 16.3 Å². The Morgan fingerprint density at radius 2 is 2.27 bits per heavy atom. The minimum atomic E-state index is -1.29. The summed E-state index contributed by atoms with van der Waals surface area (Å²) in [6.45, 7) is 3.04. The lowest BCUT2D eigenvalue weighted by Gasteiger charge is -2.24. The Morgan fingerprint density at radius 1 is 1.42 bits per heavy atom. The van der Waals surface area contributed by atoms with E-state index in [0.29, 0.717) is 22.6 Å². The fourth-order valence-corrected chi connectivity index (χ4v) is 4.03. The van der Waals surface area contributed by atoms with Crippen LogP contribution in [-0.4, -0.2) is 43.2 Å². The minimum Gasteiger partial charge on any atom is -0.477 e. The van der Waals surface area contributed by atoms with E-state index in [2.05, 4.69) is 26.8 Å². The van der Waals surface area contributed by atoms with Crippen LogP contribution in [0.15, 0.2) is 28.8 Å². The summed E-state index contributed by atoms with van der Waals surface area (Å²) < 4.78 is 1.54. The molecule has 3 aromatic heterocycles. The van der Waals surface area contributed by atoms with Crippen molar-refractivity contribution in [2.75, 3.05) is 11.4 Å². The SMILES string of the molecule is CC[C@H]1CCCN1c1cnc2c(=O)c(C(=O)O)cn(-c3nccs3)c2n1. The molecule has 0 radical (unpaired) electrons. The molecule has 1 atom stereocenters. The maximum absolute atomic E-state index is 12.5. The number of aromatic carboxylic acids is 1. The van der Waals surface area contributed by atoms with Crippen LogP contribution in [0, 0.1) is 0 Å². The topological polar surface area (TPSA) is 101 Å². The number of anilines is 1. The molecule has 0 saturated carbocycles. The third-order valence-electron chi connectivity index (χ3n) is 4.69. The molecule has 134 valence electrons. The van der Waals surface area contributed by atoms with Gasteiger partial charge in [0.25, 0.3) is 0 Å². The average molecular weight is 371 g/mol. The van der Waals surface area contributed by atoms with Crippen molar-refractivity contribution in [2.24, 2.45) is 0 Å². The molecule has 9 heteroatoms. The first kappa shape index (κ1) is 16.6. The molecule has 8 nitrogen and oxygen atoms in total. The predicted octanol–water partition coefficient (Wildman–Crippen LogP) is 2.31. The van der Waals surface area contributed by atoms with Crippen molar-refractivity contribution in [3.63, 3.8) is 0 Å². The van der Waals surface area contributed by atoms with E-state index in [1.165, 1.54) is 17.5 Å². The molecule has 1 N–H and O–H groups in total. The van der Waals surface area contributed by atoms with Crippen LogP contribution >= 0.6 is 11.3 Å². The summed E-state index contributed by atoms with van der Waals surface area (Å²) >= 11 is 1.34. The lowest BCUT2D eigenvalue weighted by molar-refractivity contribution is 0.0695. The summed E-state index contributed by atoms with van der Waals surface area (Å²) in [6.07, 6.45) is 7.68. The molecule has 1 aliphatic rings. The number of hydrogen-bond acceptors (Lipinski definition) is 7. The van der Waals surface area contributed by atoms with Crippen molar-refractivity contribution in [3.05, 3.63) is 39.8 Å². The number of nitrogens with zero attached hydrogens (tertiary/aromatic N) is 5. The molecule has 0 unspecified atom stereocenters. The van der Waals surface area contributed by atoms with E-state index in [9.17, 15) is 14.7 Å². The van der Waals surface area contributed by atoms with Gasteiger partial charge in [-0.2, -0.15) is 0 Å². The van der Waals surface area contributed by atoms with Crippen molar-refractivity contribution < 1.29 is 9.90 Å². The molecule has 26 heavy (non-hydrogen) atoms. The molecule has 3 aromatic rings. The van der Waals surface area contributed by atoms with Crippen LogP contribution in [0.1, 0.15) is 36.5 Å². The number of carboxylic acid groups (broad SMARTS) is 1. The zero-order valence-corrected chi connectivity index (χ0v) is 14.9. The largest absolute Gasteiger partial charge is 0.477 e. The van der Waals surface area contributed by atoms with Crippen LogP contribution in [0.5, 0.6) is 0 Å². The van der Waals surface area contributed by atoms with Gasteiger partial charge in [0, 0.05) is 30.4 Å². The number of rotatable bonds is 4. The Bertz CT molecular complexity index is 1030. The van der Waals surface area contributed by atoms with E-state index >= 15 is 0 Å². The van der Waals surface area contributed by atoms with Crippen molar-refractivity contribution >= 4 is 34.3 Å². The standard InChI is InChI=1S/C17H17N5O3S/c1-2-10-4-3-6-21(10)12-8-19-13-14(23)11(16(24)25)9-22(15(13)20-12)17-18-5-7-26-17/h5,7-10H,2-4,6H2,1H3,(H,24,25)/t10-/m0/s1. The summed E-state index contributed by atoms with van der Waals surface area (Å²) in [4.78, 5) is 39.4. The van der Waals surface area contributed by atoms with Gasteiger partial charge in [-0.05, 0) is 19.3 Å². The summed E-state index contributed by atoms with van der Waals surface area (Å²) in [7, 11) is 0. The fourth-order valence-electron chi connectivity index (χ4n) is 3.41. The second-order valence-corrected chi connectivity index (χ2v) is 7.03. The van der Waals surface area contributed by atoms with Crippen LogP contribution in [-0.2, 0) is 0 Å². The van der Waals surface area contributed by atoms with Crippen LogP contribution in [0.4, 0.5) is 5.82 Å². The van der Waals surface area contributed by atoms with Gasteiger partial charge in [0.05, 0.1) is 6.20 Å². The first-order valence-electron chi connectivity index (χ1n) is 8.42. The van der Waals surface area contributed by atoms with E-state index in [1.807, 2.05) is 0 Å². The summed E-state index contributed by atoms with van der Waals surface area (Å²) in [6, 6.07) is 0.403. The lowest BCUT2D eigenvalue weighted by Crippen LogP contribution is -2.30. The average Bonchev–Trinajstić information content (AvgIpc) is 3.33. The van der Waals surface area contributed by atoms with E-state index < -0.39 is 11.4 Å². The Balaban J connectivity index is 1.97. The molecule has 0 aliphatic carbocycles. The Morgan fingerprint density at radius 3 is 2.96 bits per heavy atom. The zero-order valence-electron chi connectivity index (χ0n) is 14.1. The lowest BCUT2D eigenvalue weighted by atomic mass is 10.2. The van der Waals surface area contributed by atoms with Crippen molar-refractivity contribution in [1.29, 1.82) is 0 Å². The summed E-state index contributed by atoms with van der Waals surface area (Å²) in [5.74, 6) is -0.590. The molecule has 1 fully saturated rings. The van der Waals surface area contributed by atoms with Gasteiger partial charge in [-0.3, -0.25) is 9.36 Å². The molecule has 4 heterocycles. The zero-order chi connectivity index (χ0) is 18.3. The number of carboxylic acids is 1. The number of hydrogen-bond donors (Lipinski definition) is 1. The molecular formula is C17H17N5O3S. The number of carbonyl (C=O) groups is 1. The van der Waals surface area contributed by atoms with Gasteiger partial charge in [0.2, 0.25) is 5.43 Å². The van der Waals surface area contributed by atoms with Gasteiger partial charge in [0.1, 0.15) is 11.4 Å². The predicted molar refractivity (Wildman–Crippen MR) is 98.4 cm³/mol. The quantitative estimate of drug-likeness (QED) is 0.751. The maximum atomic E-state index is 12.5. The molecule has 4 rings (SSSR count). The second-order valence-electron chi connectivity index (χ2n) is 6.16. The monoisotopic (exact) mass is 371 g/mol. The Labute approximate surface area is 152 Å². The maximum Gasteiger partial charge on any atom is 0.341 e. The van der Waals surface area contributed by atoms with E-state index in [-0.39, 0.29) is 11.1 Å². The molecular weight excluding hydrogens is 354 g/mol. The van der Waals surface area contributed by atoms with Crippen LogP contribution in [0.2, 0.25) is 0 Å². The van der Waals surface area contributed by atoms with Gasteiger partial charge in [-0.15, -0.1) is 11.3 Å². The number of thiazole rings is 1. The molecule has 0 amide bonds. The van der Waals surface area contributed by atoms with Gasteiger partial charge < -0.3 is 10.0 Å². The molecule has 1 saturated heterocycles. The molecule has 0 aromatic carbocycles. The van der Waals surface area contributed by atoms with E-state index in [1.54, 1.807) is 22.3 Å². The normalized spacial score (nSPS) is 17.1. The van der Waals surface area contributed by atoms with Crippen molar-refractivity contribution in [2.45, 2.75) is 32.2 Å². The summed E-state index contributed by atoms with van der Waals surface area (Å²) in [5, 5.41) is 11.7. The molecule has 0 spiro atoms. The van der Waals surface area contributed by atoms with Crippen LogP contribution in [0.25, 0.3) is 16.3 Å². The van der Waals surface area contributed by atoms with Gasteiger partial charge in [-0.25, -0.2) is 19.7 Å². The Hall–Kier alpha value is -2.81. The highest BCUT2D eigenvalue weighted by Crippen LogP contribution is 2.27. The molecule has 1 aliphatic heterocycles. The highest BCUT2D eigenvalue weighted by molar-refractivity contribution is 7.12. The Kier molecular flexibility index (Phi) is 4.15. The fraction of sp³-hybridized carbons (Fsp3) is 0.353. The number of fused-ring (bicyclic) bond motifs is 1. The van der Waals surface area contributed by atoms with Crippen LogP contribution < -0.4 is 10.3 Å². The number of aromatic nitrogens is 4. The third kappa shape index (κ3) is 2.64. The van der Waals surface area contributed by atoms with Crippen LogP contribution in [0.3, 0.4) is 0 Å². The first-order valence-corrected chi connectivity index (χ1v) is 9.30. The van der Waals surface area contributed by atoms with E-state index in [4.69, 9.17) is 0 Å². The highest BCUT2D eigenvalue weighted by Gasteiger charge is 2.26. The van der Waals surface area contributed by atoms with Gasteiger partial charge >= 0.3 is 5.97 Å². The summed E-state index contributed by atoms with van der Waals surface area (Å²) in [5.41, 5.74) is -0.611. The third-order valence-corrected chi connectivity index (χ3v) is 5.46. The van der Waals surface area contributed by atoms with Crippen molar-refractivity contribution in [3.8, 4) is 5.13 Å². The smallest absolute Gasteiger partial charge is 0.341 e. The second kappa shape index (κ2) is 6.49. The first-order chi connectivity index (χ1) is 12.6. The van der Waals surface area contributed by atoms with Gasteiger partial charge in [-0.1, -0.05) is 6.92 Å².